The van der Waals surface area contributed by atoms with Gasteiger partial charge in [-0.1, -0.05) is 12.1 Å². The Labute approximate surface area is 142 Å². The van der Waals surface area contributed by atoms with E-state index in [4.69, 9.17) is 0 Å². The summed E-state index contributed by atoms with van der Waals surface area (Å²) in [5.74, 6) is -0.259. The van der Waals surface area contributed by atoms with Gasteiger partial charge in [-0.25, -0.2) is 27.5 Å². The lowest BCUT2D eigenvalue weighted by atomic mass is 9.99. The molecule has 0 N–H and O–H groups in total. The van der Waals surface area contributed by atoms with Crippen LogP contribution in [-0.4, -0.2) is 22.6 Å². The van der Waals surface area contributed by atoms with Gasteiger partial charge >= 0.3 is 0 Å². The monoisotopic (exact) mass is 348 g/mol. The van der Waals surface area contributed by atoms with Gasteiger partial charge < -0.3 is 0 Å². The van der Waals surface area contributed by atoms with E-state index < -0.39 is 12.6 Å². The highest BCUT2D eigenvalue weighted by atomic mass is 19.3. The predicted octanol–water partition coefficient (Wildman–Crippen LogP) is 5.20. The Kier molecular flexibility index (Phi) is 4.70. The van der Waals surface area contributed by atoms with Crippen LogP contribution in [0, 0.1) is 19.7 Å². The van der Waals surface area contributed by atoms with Crippen LogP contribution in [0.1, 0.15) is 16.7 Å². The molecule has 1 atom stereocenters. The van der Waals surface area contributed by atoms with Gasteiger partial charge in [-0.05, 0) is 48.7 Å². The lowest BCUT2D eigenvalue weighted by molar-refractivity contribution is 0.0503. The molecule has 2 nitrogen and oxygen atoms in total. The van der Waals surface area contributed by atoms with Crippen LogP contribution in [-0.2, 0) is 6.42 Å². The average molecular weight is 348 g/mol. The molecule has 6 heteroatoms. The third-order valence-corrected chi connectivity index (χ3v) is 4.11. The Morgan fingerprint density at radius 1 is 0.960 bits per heavy atom. The van der Waals surface area contributed by atoms with E-state index in [9.17, 15) is 17.6 Å². The summed E-state index contributed by atoms with van der Waals surface area (Å²) in [4.78, 5) is 8.43. The maximum atomic E-state index is 13.9. The number of fused-ring (bicyclic) bond motifs is 1. The summed E-state index contributed by atoms with van der Waals surface area (Å²) >= 11 is 0. The lowest BCUT2D eigenvalue weighted by Crippen LogP contribution is -2.14. The van der Waals surface area contributed by atoms with Crippen LogP contribution in [0.4, 0.5) is 17.6 Å². The fourth-order valence-corrected chi connectivity index (χ4v) is 2.86. The van der Waals surface area contributed by atoms with Gasteiger partial charge in [0, 0.05) is 17.4 Å². The van der Waals surface area contributed by atoms with Crippen LogP contribution < -0.4 is 0 Å². The molecule has 3 rings (SSSR count). The predicted molar refractivity (Wildman–Crippen MR) is 89.0 cm³/mol. The number of nitrogens with zero attached hydrogens (tertiary/aromatic N) is 2. The second-order valence-electron chi connectivity index (χ2n) is 6.05. The van der Waals surface area contributed by atoms with Crippen LogP contribution in [0.2, 0.25) is 0 Å². The zero-order chi connectivity index (χ0) is 18.1. The molecule has 1 heterocycles. The van der Waals surface area contributed by atoms with Crippen molar-refractivity contribution in [3.05, 3.63) is 59.2 Å². The maximum absolute atomic E-state index is 13.9. The minimum Gasteiger partial charge on any atom is -0.241 e. The minimum atomic E-state index is -3.01. The number of benzene rings is 2. The van der Waals surface area contributed by atoms with Crippen molar-refractivity contribution in [1.29, 1.82) is 0 Å². The molecule has 0 aliphatic rings. The number of hydrogen-bond acceptors (Lipinski definition) is 2. The number of hydrogen-bond donors (Lipinski definition) is 0. The molecule has 0 saturated heterocycles. The Morgan fingerprint density at radius 2 is 1.64 bits per heavy atom. The van der Waals surface area contributed by atoms with Crippen LogP contribution in [0.5, 0.6) is 0 Å². The van der Waals surface area contributed by atoms with Gasteiger partial charge in [-0.3, -0.25) is 0 Å². The van der Waals surface area contributed by atoms with Crippen molar-refractivity contribution in [3.63, 3.8) is 0 Å². The Morgan fingerprint density at radius 3 is 2.28 bits per heavy atom. The molecule has 130 valence electrons. The van der Waals surface area contributed by atoms with Crippen molar-refractivity contribution in [2.75, 3.05) is 0 Å². The Hall–Kier alpha value is -2.50. The molecule has 0 aliphatic heterocycles. The summed E-state index contributed by atoms with van der Waals surface area (Å²) in [6.07, 6.45) is -4.24. The van der Waals surface area contributed by atoms with Gasteiger partial charge in [-0.2, -0.15) is 0 Å². The molecule has 0 saturated carbocycles. The minimum absolute atomic E-state index is 0.259. The number of rotatable bonds is 4. The topological polar surface area (TPSA) is 25.8 Å². The van der Waals surface area contributed by atoms with Crippen molar-refractivity contribution in [1.82, 2.24) is 9.97 Å². The van der Waals surface area contributed by atoms with Crippen molar-refractivity contribution in [2.45, 2.75) is 32.9 Å². The van der Waals surface area contributed by atoms with Crippen LogP contribution in [0.3, 0.4) is 0 Å². The van der Waals surface area contributed by atoms with E-state index >= 15 is 0 Å². The molecule has 0 aliphatic carbocycles. The van der Waals surface area contributed by atoms with E-state index in [2.05, 4.69) is 9.97 Å². The molecule has 0 radical (unpaired) electrons. The van der Waals surface area contributed by atoms with E-state index in [0.29, 0.717) is 33.3 Å². The fourth-order valence-electron chi connectivity index (χ4n) is 2.86. The van der Waals surface area contributed by atoms with Crippen molar-refractivity contribution < 1.29 is 17.6 Å². The standard InChI is InChI=1S/C19H16F4N2/c1-10-5-13(6-11(2)17(10)21)18-14-4-3-12(7-15(20)19(22)23)8-16(14)24-9-25-18/h3-6,8-9,15,19H,7H2,1-2H3. The van der Waals surface area contributed by atoms with Crippen molar-refractivity contribution in [3.8, 4) is 11.3 Å². The van der Waals surface area contributed by atoms with Gasteiger partial charge in [0.25, 0.3) is 6.43 Å². The highest BCUT2D eigenvalue weighted by Gasteiger charge is 2.20. The van der Waals surface area contributed by atoms with Crippen molar-refractivity contribution in [2.24, 2.45) is 0 Å². The number of aromatic nitrogens is 2. The van der Waals surface area contributed by atoms with E-state index in [1.165, 1.54) is 6.33 Å². The molecule has 1 unspecified atom stereocenters. The molecule has 3 aromatic rings. The van der Waals surface area contributed by atoms with Crippen LogP contribution >= 0.6 is 0 Å². The largest absolute Gasteiger partial charge is 0.269 e. The summed E-state index contributed by atoms with van der Waals surface area (Å²) in [5, 5.41) is 0.698. The third-order valence-electron chi connectivity index (χ3n) is 4.11. The number of aryl methyl sites for hydroxylation is 2. The smallest absolute Gasteiger partial charge is 0.241 e. The molecule has 0 fully saturated rings. The first-order valence-corrected chi connectivity index (χ1v) is 7.80. The van der Waals surface area contributed by atoms with E-state index in [1.54, 1.807) is 44.2 Å². The zero-order valence-corrected chi connectivity index (χ0v) is 13.7. The fraction of sp³-hybridized carbons (Fsp3) is 0.263. The first-order chi connectivity index (χ1) is 11.9. The van der Waals surface area contributed by atoms with Crippen LogP contribution in [0.15, 0.2) is 36.7 Å². The lowest BCUT2D eigenvalue weighted by Gasteiger charge is -2.11. The van der Waals surface area contributed by atoms with E-state index in [0.717, 1.165) is 5.56 Å². The highest BCUT2D eigenvalue weighted by molar-refractivity contribution is 5.92. The molecule has 1 aromatic heterocycles. The van der Waals surface area contributed by atoms with Gasteiger partial charge in [-0.15, -0.1) is 0 Å². The first-order valence-electron chi connectivity index (χ1n) is 7.80. The summed E-state index contributed by atoms with van der Waals surface area (Å²) in [7, 11) is 0. The van der Waals surface area contributed by atoms with Gasteiger partial charge in [0.15, 0.2) is 6.17 Å². The Bertz CT molecular complexity index is 901. The highest BCUT2D eigenvalue weighted by Crippen LogP contribution is 2.29. The Balaban J connectivity index is 2.06. The normalized spacial score (nSPS) is 12.8. The molecule has 0 spiro atoms. The number of alkyl halides is 3. The maximum Gasteiger partial charge on any atom is 0.269 e. The van der Waals surface area contributed by atoms with Crippen LogP contribution in [0.25, 0.3) is 22.2 Å². The molecule has 25 heavy (non-hydrogen) atoms. The van der Waals surface area contributed by atoms with Crippen molar-refractivity contribution >= 4 is 10.9 Å². The molecule has 0 amide bonds. The average Bonchev–Trinajstić information content (AvgIpc) is 2.58. The molecule has 2 aromatic carbocycles. The van der Waals surface area contributed by atoms with E-state index in [-0.39, 0.29) is 12.2 Å². The first kappa shape index (κ1) is 17.3. The third kappa shape index (κ3) is 3.48. The summed E-state index contributed by atoms with van der Waals surface area (Å²) in [5.41, 5.74) is 3.35. The van der Waals surface area contributed by atoms with Gasteiger partial charge in [0.2, 0.25) is 0 Å². The van der Waals surface area contributed by atoms with Gasteiger partial charge in [0.05, 0.1) is 11.2 Å². The quantitative estimate of drug-likeness (QED) is 0.606. The number of halogens is 4. The summed E-state index contributed by atoms with van der Waals surface area (Å²) < 4.78 is 51.9. The molecule has 0 bridgehead atoms. The summed E-state index contributed by atoms with van der Waals surface area (Å²) in [6.45, 7) is 3.36. The summed E-state index contributed by atoms with van der Waals surface area (Å²) in [6, 6.07) is 8.26. The second kappa shape index (κ2) is 6.78. The molecular formula is C19H16F4N2. The SMILES string of the molecule is Cc1cc(-c2ncnc3cc(CC(F)C(F)F)ccc23)cc(C)c1F. The van der Waals surface area contributed by atoms with E-state index in [1.807, 2.05) is 0 Å². The van der Waals surface area contributed by atoms with Gasteiger partial charge in [0.1, 0.15) is 12.1 Å². The second-order valence-corrected chi connectivity index (χ2v) is 6.05. The zero-order valence-electron chi connectivity index (χ0n) is 13.7. The molecular weight excluding hydrogens is 332 g/mol.